The molecule has 0 aliphatic heterocycles. The quantitative estimate of drug-likeness (QED) is 0.493. The largest absolute Gasteiger partial charge is 0.451 e. The Morgan fingerprint density at radius 3 is 2.32 bits per heavy atom. The summed E-state index contributed by atoms with van der Waals surface area (Å²) in [6.45, 7) is 0. The van der Waals surface area contributed by atoms with Crippen LogP contribution in [0.25, 0.3) is 10.9 Å². The number of halogens is 4. The highest BCUT2D eigenvalue weighted by Crippen LogP contribution is 2.35. The molecule has 3 aromatic rings. The molecule has 0 radical (unpaired) electrons. The Morgan fingerprint density at radius 2 is 1.64 bits per heavy atom. The van der Waals surface area contributed by atoms with Gasteiger partial charge in [0, 0.05) is 10.3 Å². The van der Waals surface area contributed by atoms with Crippen molar-refractivity contribution in [3.8, 4) is 0 Å². The molecule has 0 saturated heterocycles. The lowest BCUT2D eigenvalue weighted by molar-refractivity contribution is -0.145. The van der Waals surface area contributed by atoms with Crippen LogP contribution >= 0.6 is 11.8 Å². The van der Waals surface area contributed by atoms with E-state index in [9.17, 15) is 17.6 Å². The molecular weight excluding hydrogens is 316 g/mol. The van der Waals surface area contributed by atoms with Crippen molar-refractivity contribution in [2.45, 2.75) is 16.1 Å². The molecule has 2 aromatic carbocycles. The minimum Gasteiger partial charge on any atom is -0.224 e. The molecule has 0 amide bonds. The van der Waals surface area contributed by atoms with Crippen LogP contribution < -0.4 is 0 Å². The van der Waals surface area contributed by atoms with Gasteiger partial charge < -0.3 is 0 Å². The van der Waals surface area contributed by atoms with Crippen LogP contribution in [0.1, 0.15) is 5.82 Å². The van der Waals surface area contributed by atoms with Gasteiger partial charge >= 0.3 is 6.18 Å². The van der Waals surface area contributed by atoms with Gasteiger partial charge in [-0.25, -0.2) is 14.4 Å². The number of rotatable bonds is 2. The summed E-state index contributed by atoms with van der Waals surface area (Å²) in [5, 5.41) is 0.324. The monoisotopic (exact) mass is 324 g/mol. The van der Waals surface area contributed by atoms with E-state index in [0.717, 1.165) is 23.9 Å². The lowest BCUT2D eigenvalue weighted by atomic mass is 10.2. The van der Waals surface area contributed by atoms with Crippen LogP contribution in [0.2, 0.25) is 0 Å². The Labute approximate surface area is 127 Å². The van der Waals surface area contributed by atoms with Crippen molar-refractivity contribution in [1.82, 2.24) is 9.97 Å². The first-order valence-electron chi connectivity index (χ1n) is 6.21. The SMILES string of the molecule is Fc1ccc2nc(C(F)(F)F)nc(Sc3ccccc3)c2c1. The van der Waals surface area contributed by atoms with Crippen LogP contribution in [0.3, 0.4) is 0 Å². The number of nitrogens with zero attached hydrogens (tertiary/aromatic N) is 2. The molecule has 0 aliphatic carbocycles. The van der Waals surface area contributed by atoms with E-state index < -0.39 is 17.8 Å². The van der Waals surface area contributed by atoms with Gasteiger partial charge in [0.25, 0.3) is 0 Å². The number of hydrogen-bond acceptors (Lipinski definition) is 3. The van der Waals surface area contributed by atoms with Gasteiger partial charge in [0.2, 0.25) is 5.82 Å². The molecule has 3 rings (SSSR count). The van der Waals surface area contributed by atoms with Gasteiger partial charge in [0.05, 0.1) is 5.52 Å². The molecular formula is C15H8F4N2S. The molecule has 22 heavy (non-hydrogen) atoms. The maximum absolute atomic E-state index is 13.4. The first kappa shape index (κ1) is 14.8. The predicted molar refractivity (Wildman–Crippen MR) is 75.1 cm³/mol. The molecule has 0 fully saturated rings. The first-order valence-corrected chi connectivity index (χ1v) is 7.02. The Bertz CT molecular complexity index is 819. The molecule has 112 valence electrons. The zero-order valence-electron chi connectivity index (χ0n) is 10.9. The summed E-state index contributed by atoms with van der Waals surface area (Å²) in [4.78, 5) is 7.75. The number of hydrogen-bond donors (Lipinski definition) is 0. The van der Waals surface area contributed by atoms with Crippen molar-refractivity contribution >= 4 is 22.7 Å². The summed E-state index contributed by atoms with van der Waals surface area (Å²) in [7, 11) is 0. The number of alkyl halides is 3. The minimum absolute atomic E-state index is 0.0576. The molecule has 0 aliphatic rings. The van der Waals surface area contributed by atoms with Crippen LogP contribution in [0.4, 0.5) is 17.6 Å². The van der Waals surface area contributed by atoms with Crippen LogP contribution in [-0.4, -0.2) is 9.97 Å². The van der Waals surface area contributed by atoms with Crippen LogP contribution in [0.5, 0.6) is 0 Å². The molecule has 0 saturated carbocycles. The second-order valence-electron chi connectivity index (χ2n) is 4.43. The highest BCUT2D eigenvalue weighted by Gasteiger charge is 2.35. The summed E-state index contributed by atoms with van der Waals surface area (Å²) < 4.78 is 52.1. The third-order valence-electron chi connectivity index (χ3n) is 2.83. The molecule has 0 atom stereocenters. The average Bonchev–Trinajstić information content (AvgIpc) is 2.47. The maximum atomic E-state index is 13.4. The van der Waals surface area contributed by atoms with E-state index >= 15 is 0 Å². The number of fused-ring (bicyclic) bond motifs is 1. The lowest BCUT2D eigenvalue weighted by Crippen LogP contribution is -2.11. The third kappa shape index (κ3) is 3.04. The first-order chi connectivity index (χ1) is 10.4. The minimum atomic E-state index is -4.66. The lowest BCUT2D eigenvalue weighted by Gasteiger charge is -2.10. The smallest absolute Gasteiger partial charge is 0.224 e. The summed E-state index contributed by atoms with van der Waals surface area (Å²) in [6, 6.07) is 12.2. The summed E-state index contributed by atoms with van der Waals surface area (Å²) in [5.41, 5.74) is 0.0576. The van der Waals surface area contributed by atoms with E-state index in [2.05, 4.69) is 9.97 Å². The molecule has 2 nitrogen and oxygen atoms in total. The normalized spacial score (nSPS) is 11.8. The predicted octanol–water partition coefficient (Wildman–Crippen LogP) is 4.94. The van der Waals surface area contributed by atoms with E-state index in [-0.39, 0.29) is 15.9 Å². The fourth-order valence-corrected chi connectivity index (χ4v) is 2.80. The molecule has 0 unspecified atom stereocenters. The molecule has 1 aromatic heterocycles. The second kappa shape index (κ2) is 5.57. The third-order valence-corrected chi connectivity index (χ3v) is 3.85. The topological polar surface area (TPSA) is 25.8 Å². The van der Waals surface area contributed by atoms with Crippen molar-refractivity contribution in [2.24, 2.45) is 0 Å². The van der Waals surface area contributed by atoms with E-state index in [4.69, 9.17) is 0 Å². The summed E-state index contributed by atoms with van der Waals surface area (Å²) in [6.07, 6.45) is -4.66. The number of benzene rings is 2. The Balaban J connectivity index is 2.18. The van der Waals surface area contributed by atoms with Crippen LogP contribution in [0, 0.1) is 5.82 Å². The van der Waals surface area contributed by atoms with E-state index in [1.807, 2.05) is 0 Å². The van der Waals surface area contributed by atoms with Gasteiger partial charge in [0.1, 0.15) is 10.8 Å². The van der Waals surface area contributed by atoms with E-state index in [1.165, 1.54) is 6.07 Å². The second-order valence-corrected chi connectivity index (χ2v) is 5.49. The standard InChI is InChI=1S/C15H8F4N2S/c16-9-6-7-12-11(8-9)13(21-14(20-12)15(17,18)19)22-10-4-2-1-3-5-10/h1-8H. The molecule has 7 heteroatoms. The van der Waals surface area contributed by atoms with Crippen molar-refractivity contribution in [2.75, 3.05) is 0 Å². The van der Waals surface area contributed by atoms with Gasteiger partial charge in [-0.1, -0.05) is 30.0 Å². The summed E-state index contributed by atoms with van der Waals surface area (Å²) >= 11 is 1.04. The fourth-order valence-electron chi connectivity index (χ4n) is 1.88. The number of aromatic nitrogens is 2. The highest BCUT2D eigenvalue weighted by atomic mass is 32.2. The molecule has 0 N–H and O–H groups in total. The summed E-state index contributed by atoms with van der Waals surface area (Å²) in [5.74, 6) is -1.78. The van der Waals surface area contributed by atoms with Gasteiger partial charge in [-0.3, -0.25) is 0 Å². The Morgan fingerprint density at radius 1 is 0.909 bits per heavy atom. The van der Waals surface area contributed by atoms with Crippen LogP contribution in [-0.2, 0) is 6.18 Å². The zero-order chi connectivity index (χ0) is 15.7. The van der Waals surface area contributed by atoms with Gasteiger partial charge in [0.15, 0.2) is 0 Å². The van der Waals surface area contributed by atoms with Crippen molar-refractivity contribution < 1.29 is 17.6 Å². The molecule has 0 bridgehead atoms. The van der Waals surface area contributed by atoms with Gasteiger partial charge in [-0.15, -0.1) is 0 Å². The Kier molecular flexibility index (Phi) is 3.74. The van der Waals surface area contributed by atoms with Crippen molar-refractivity contribution in [1.29, 1.82) is 0 Å². The van der Waals surface area contributed by atoms with E-state index in [1.54, 1.807) is 30.3 Å². The fraction of sp³-hybridized carbons (Fsp3) is 0.0667. The van der Waals surface area contributed by atoms with Crippen molar-refractivity contribution in [3.05, 3.63) is 60.2 Å². The van der Waals surface area contributed by atoms with E-state index in [0.29, 0.717) is 4.90 Å². The van der Waals surface area contributed by atoms with Gasteiger partial charge in [-0.2, -0.15) is 13.2 Å². The maximum Gasteiger partial charge on any atom is 0.451 e. The molecule has 1 heterocycles. The highest BCUT2D eigenvalue weighted by molar-refractivity contribution is 7.99. The van der Waals surface area contributed by atoms with Gasteiger partial charge in [-0.05, 0) is 30.3 Å². The molecule has 0 spiro atoms. The Hall–Kier alpha value is -2.15. The average molecular weight is 324 g/mol. The van der Waals surface area contributed by atoms with Crippen LogP contribution in [0.15, 0.2) is 58.5 Å². The zero-order valence-corrected chi connectivity index (χ0v) is 11.7. The van der Waals surface area contributed by atoms with Crippen molar-refractivity contribution in [3.63, 3.8) is 0 Å².